The van der Waals surface area contributed by atoms with Gasteiger partial charge in [0.1, 0.15) is 12.4 Å². The molecule has 126 valence electrons. The van der Waals surface area contributed by atoms with Crippen LogP contribution in [0.3, 0.4) is 0 Å². The van der Waals surface area contributed by atoms with E-state index in [4.69, 9.17) is 4.74 Å². The molecule has 1 aromatic carbocycles. The number of para-hydroxylation sites is 1. The summed E-state index contributed by atoms with van der Waals surface area (Å²) < 4.78 is 5.54. The Bertz CT molecular complexity index is 968. The number of nitrogens with one attached hydrogen (secondary N) is 1. The molecule has 0 spiro atoms. The number of ether oxygens (including phenoxy) is 1. The van der Waals surface area contributed by atoms with Crippen LogP contribution in [-0.2, 0) is 20.7 Å². The lowest BCUT2D eigenvalue weighted by atomic mass is 9.78. The third-order valence-corrected chi connectivity index (χ3v) is 5.66. The first-order chi connectivity index (χ1) is 12.2. The molecule has 4 heterocycles. The normalized spacial score (nSPS) is 27.6. The summed E-state index contributed by atoms with van der Waals surface area (Å²) in [6.07, 6.45) is 5.12. The highest BCUT2D eigenvalue weighted by Crippen LogP contribution is 2.43. The number of hydrogen-bond acceptors (Lipinski definition) is 3. The molecule has 1 N–H and O–H groups in total. The Balaban J connectivity index is 1.71. The first-order valence-electron chi connectivity index (χ1n) is 8.63. The highest BCUT2D eigenvalue weighted by atomic mass is 16.5. The minimum Gasteiger partial charge on any atom is -0.497 e. The maximum Gasteiger partial charge on any atom is 0.257 e. The van der Waals surface area contributed by atoms with Gasteiger partial charge in [-0.2, -0.15) is 0 Å². The molecule has 2 aromatic rings. The molecule has 3 aliphatic rings. The highest BCUT2D eigenvalue weighted by Gasteiger charge is 2.43. The Morgan fingerprint density at radius 1 is 1.32 bits per heavy atom. The summed E-state index contributed by atoms with van der Waals surface area (Å²) in [5.74, 6) is -0.615. The van der Waals surface area contributed by atoms with Crippen molar-refractivity contribution < 1.29 is 14.3 Å². The number of fused-ring (bicyclic) bond motifs is 6. The van der Waals surface area contributed by atoms with Crippen LogP contribution in [0.1, 0.15) is 18.2 Å². The molecule has 3 aliphatic heterocycles. The van der Waals surface area contributed by atoms with Gasteiger partial charge in [-0.3, -0.25) is 4.79 Å². The zero-order chi connectivity index (χ0) is 17.1. The average Bonchev–Trinajstić information content (AvgIpc) is 3.01. The van der Waals surface area contributed by atoms with Crippen molar-refractivity contribution in [2.45, 2.75) is 19.4 Å². The Morgan fingerprint density at radius 2 is 2.16 bits per heavy atom. The van der Waals surface area contributed by atoms with Gasteiger partial charge < -0.3 is 19.4 Å². The molecular formula is C20H18N2O3. The number of aromatic amines is 1. The van der Waals surface area contributed by atoms with Crippen molar-refractivity contribution in [2.75, 3.05) is 6.54 Å². The van der Waals surface area contributed by atoms with Gasteiger partial charge in [-0.15, -0.1) is 0 Å². The number of benzene rings is 1. The van der Waals surface area contributed by atoms with E-state index in [1.54, 1.807) is 11.2 Å². The number of aromatic nitrogens is 1. The van der Waals surface area contributed by atoms with E-state index in [9.17, 15) is 9.59 Å². The second kappa shape index (κ2) is 5.09. The van der Waals surface area contributed by atoms with Gasteiger partial charge in [-0.1, -0.05) is 18.2 Å². The van der Waals surface area contributed by atoms with Crippen LogP contribution < -0.4 is 0 Å². The second-order valence-corrected chi connectivity index (χ2v) is 6.94. The highest BCUT2D eigenvalue weighted by molar-refractivity contribution is 6.04. The van der Waals surface area contributed by atoms with Gasteiger partial charge in [0, 0.05) is 23.4 Å². The zero-order valence-corrected chi connectivity index (χ0v) is 13.9. The number of hydrogen-bond donors (Lipinski definition) is 1. The van der Waals surface area contributed by atoms with E-state index in [1.807, 2.05) is 19.1 Å². The van der Waals surface area contributed by atoms with E-state index in [2.05, 4.69) is 23.2 Å². The van der Waals surface area contributed by atoms with Gasteiger partial charge in [0.05, 0.1) is 29.1 Å². The van der Waals surface area contributed by atoms with Gasteiger partial charge in [0.2, 0.25) is 0 Å². The summed E-state index contributed by atoms with van der Waals surface area (Å²) in [5.41, 5.74) is 4.81. The van der Waals surface area contributed by atoms with Gasteiger partial charge in [0.25, 0.3) is 5.91 Å². The predicted molar refractivity (Wildman–Crippen MR) is 93.4 cm³/mol. The number of allylic oxidation sites excluding steroid dienone is 1. The van der Waals surface area contributed by atoms with Crippen molar-refractivity contribution in [1.82, 2.24) is 9.88 Å². The number of carbonyl (C=O) groups excluding carboxylic acids is 2. The van der Waals surface area contributed by atoms with Crippen LogP contribution in [0.5, 0.6) is 0 Å². The van der Waals surface area contributed by atoms with Crippen LogP contribution in [0.2, 0.25) is 0 Å². The molecule has 25 heavy (non-hydrogen) atoms. The van der Waals surface area contributed by atoms with Crippen LogP contribution in [0.15, 0.2) is 42.2 Å². The first kappa shape index (κ1) is 14.5. The standard InChI is InChI=1S/C20H18N2O3/c1-11-15(9-23)14-8-18-19-13(12-4-2-3-5-17(12)21-19)6-7-22(18)20(24)16(14)10-25-11/h2-5,8-11,14-15,21H,6-7H2,1H3/t11-,14+,15-/m1/s1. The molecule has 0 bridgehead atoms. The molecule has 1 amide bonds. The molecule has 0 saturated carbocycles. The largest absolute Gasteiger partial charge is 0.497 e. The number of rotatable bonds is 1. The molecule has 5 heteroatoms. The van der Waals surface area contributed by atoms with E-state index in [0.29, 0.717) is 12.1 Å². The van der Waals surface area contributed by atoms with Crippen molar-refractivity contribution in [3.63, 3.8) is 0 Å². The lowest BCUT2D eigenvalue weighted by Gasteiger charge is -2.40. The van der Waals surface area contributed by atoms with E-state index in [-0.39, 0.29) is 23.8 Å². The van der Waals surface area contributed by atoms with Gasteiger partial charge in [-0.05, 0) is 31.1 Å². The zero-order valence-electron chi connectivity index (χ0n) is 13.9. The summed E-state index contributed by atoms with van der Waals surface area (Å²) >= 11 is 0. The van der Waals surface area contributed by atoms with Gasteiger partial charge in [0.15, 0.2) is 0 Å². The topological polar surface area (TPSA) is 62.4 Å². The minimum absolute atomic E-state index is 0.0504. The van der Waals surface area contributed by atoms with E-state index < -0.39 is 0 Å². The van der Waals surface area contributed by atoms with Crippen LogP contribution in [0.4, 0.5) is 0 Å². The summed E-state index contributed by atoms with van der Waals surface area (Å²) in [4.78, 5) is 29.9. The maximum atomic E-state index is 13.0. The number of nitrogens with zero attached hydrogens (tertiary/aromatic N) is 1. The molecule has 0 unspecified atom stereocenters. The van der Waals surface area contributed by atoms with Crippen LogP contribution in [-0.4, -0.2) is 34.7 Å². The van der Waals surface area contributed by atoms with Crippen molar-refractivity contribution in [1.29, 1.82) is 0 Å². The molecule has 5 rings (SSSR count). The fourth-order valence-corrected chi connectivity index (χ4v) is 4.31. The van der Waals surface area contributed by atoms with E-state index in [1.165, 1.54) is 10.9 Å². The molecule has 0 saturated heterocycles. The van der Waals surface area contributed by atoms with Crippen LogP contribution >= 0.6 is 0 Å². The van der Waals surface area contributed by atoms with Crippen molar-refractivity contribution >= 4 is 28.8 Å². The molecule has 1 aromatic heterocycles. The van der Waals surface area contributed by atoms with Gasteiger partial charge >= 0.3 is 0 Å². The fraction of sp³-hybridized carbons (Fsp3) is 0.300. The minimum atomic E-state index is -0.339. The Hall–Kier alpha value is -2.82. The lowest BCUT2D eigenvalue weighted by Crippen LogP contribution is -2.45. The summed E-state index contributed by atoms with van der Waals surface area (Å²) in [5, 5.41) is 1.21. The molecular weight excluding hydrogens is 316 g/mol. The van der Waals surface area contributed by atoms with Gasteiger partial charge in [-0.25, -0.2) is 0 Å². The monoisotopic (exact) mass is 334 g/mol. The number of amides is 1. The molecule has 0 aliphatic carbocycles. The number of carbonyl (C=O) groups is 2. The van der Waals surface area contributed by atoms with Crippen molar-refractivity contribution in [3.05, 3.63) is 53.4 Å². The Morgan fingerprint density at radius 3 is 3.00 bits per heavy atom. The fourth-order valence-electron chi connectivity index (χ4n) is 4.31. The third kappa shape index (κ3) is 1.89. The molecule has 3 atom stereocenters. The van der Waals surface area contributed by atoms with Crippen molar-refractivity contribution in [2.24, 2.45) is 11.8 Å². The number of aldehydes is 1. The predicted octanol–water partition coefficient (Wildman–Crippen LogP) is 2.64. The van der Waals surface area contributed by atoms with Crippen molar-refractivity contribution in [3.8, 4) is 0 Å². The Kier molecular flexibility index (Phi) is 2.95. The Labute approximate surface area is 145 Å². The number of H-pyrrole nitrogens is 1. The summed E-state index contributed by atoms with van der Waals surface area (Å²) in [6, 6.07) is 8.21. The second-order valence-electron chi connectivity index (χ2n) is 6.94. The quantitative estimate of drug-likeness (QED) is 0.816. The first-order valence-corrected chi connectivity index (χ1v) is 8.63. The molecule has 5 nitrogen and oxygen atoms in total. The van der Waals surface area contributed by atoms with Crippen LogP contribution in [0.25, 0.3) is 16.6 Å². The maximum absolute atomic E-state index is 13.0. The average molecular weight is 334 g/mol. The third-order valence-electron chi connectivity index (χ3n) is 5.66. The van der Waals surface area contributed by atoms with E-state index >= 15 is 0 Å². The molecule has 0 fully saturated rings. The molecule has 0 radical (unpaired) electrons. The lowest BCUT2D eigenvalue weighted by molar-refractivity contribution is -0.127. The smallest absolute Gasteiger partial charge is 0.257 e. The van der Waals surface area contributed by atoms with E-state index in [0.717, 1.165) is 29.6 Å². The summed E-state index contributed by atoms with van der Waals surface area (Å²) in [6.45, 7) is 2.52. The SMILES string of the molecule is C[C@H]1OC=C2C(=O)N3CCc4c([nH]c5ccccc45)C3=C[C@H]2[C@@H]1C=O. The van der Waals surface area contributed by atoms with Crippen LogP contribution in [0, 0.1) is 11.8 Å². The summed E-state index contributed by atoms with van der Waals surface area (Å²) in [7, 11) is 0.